The minimum Gasteiger partial charge on any atom is -0.497 e. The lowest BCUT2D eigenvalue weighted by molar-refractivity contribution is -0.116. The summed E-state index contributed by atoms with van der Waals surface area (Å²) in [4.78, 5) is 17.4. The number of carbonyl (C=O) groups is 1. The molecule has 0 spiro atoms. The summed E-state index contributed by atoms with van der Waals surface area (Å²) in [7, 11) is 1.63. The van der Waals surface area contributed by atoms with Gasteiger partial charge in [-0.3, -0.25) is 4.79 Å². The van der Waals surface area contributed by atoms with Crippen molar-refractivity contribution in [3.63, 3.8) is 0 Å². The molecule has 1 atom stereocenters. The first-order valence-corrected chi connectivity index (χ1v) is 10.8. The van der Waals surface area contributed by atoms with E-state index in [0.29, 0.717) is 23.9 Å². The molecule has 2 aromatic carbocycles. The van der Waals surface area contributed by atoms with E-state index >= 15 is 0 Å². The van der Waals surface area contributed by atoms with Gasteiger partial charge in [0.2, 0.25) is 5.91 Å². The minimum absolute atomic E-state index is 0.0638. The van der Waals surface area contributed by atoms with E-state index in [-0.39, 0.29) is 11.8 Å². The van der Waals surface area contributed by atoms with Gasteiger partial charge in [0, 0.05) is 23.5 Å². The molecule has 1 unspecified atom stereocenters. The van der Waals surface area contributed by atoms with E-state index in [1.54, 1.807) is 18.0 Å². The van der Waals surface area contributed by atoms with Crippen LogP contribution in [0.1, 0.15) is 40.3 Å². The number of nitrogens with zero attached hydrogens (tertiary/aromatic N) is 5. The fourth-order valence-electron chi connectivity index (χ4n) is 4.24. The molecule has 8 nitrogen and oxygen atoms in total. The highest BCUT2D eigenvalue weighted by molar-refractivity contribution is 5.95. The van der Waals surface area contributed by atoms with Crippen LogP contribution in [0.25, 0.3) is 17.2 Å². The van der Waals surface area contributed by atoms with E-state index < -0.39 is 0 Å². The summed E-state index contributed by atoms with van der Waals surface area (Å²) in [5, 5.41) is 16.0. The molecule has 3 heterocycles. The summed E-state index contributed by atoms with van der Waals surface area (Å²) >= 11 is 0. The maximum absolute atomic E-state index is 12.7. The maximum atomic E-state index is 12.7. The Hall–Kier alpha value is -4.07. The van der Waals surface area contributed by atoms with Crippen molar-refractivity contribution in [3.05, 3.63) is 76.6 Å². The Morgan fingerprint density at radius 2 is 1.85 bits per heavy atom. The summed E-state index contributed by atoms with van der Waals surface area (Å²) in [6, 6.07) is 13.9. The zero-order chi connectivity index (χ0) is 23.1. The van der Waals surface area contributed by atoms with Gasteiger partial charge >= 0.3 is 0 Å². The summed E-state index contributed by atoms with van der Waals surface area (Å²) < 4.78 is 6.81. The van der Waals surface area contributed by atoms with Gasteiger partial charge in [0.15, 0.2) is 0 Å². The fraction of sp³-hybridized carbons (Fsp3) is 0.240. The highest BCUT2D eigenvalue weighted by atomic mass is 16.5. The summed E-state index contributed by atoms with van der Waals surface area (Å²) in [5.41, 5.74) is 6.86. The number of ether oxygens (including phenoxy) is 1. The van der Waals surface area contributed by atoms with E-state index in [1.807, 2.05) is 31.2 Å². The number of aryl methyl sites for hydroxylation is 3. The summed E-state index contributed by atoms with van der Waals surface area (Å²) in [6.45, 7) is 6.12. The molecule has 1 aliphatic rings. The number of hydrogen-bond acceptors (Lipinski definition) is 6. The fourth-order valence-corrected chi connectivity index (χ4v) is 4.24. The molecule has 4 aromatic rings. The minimum atomic E-state index is -0.0838. The number of benzene rings is 2. The van der Waals surface area contributed by atoms with Crippen LogP contribution in [-0.2, 0) is 4.79 Å². The predicted molar refractivity (Wildman–Crippen MR) is 125 cm³/mol. The topological polar surface area (TPSA) is 94.8 Å². The third-order valence-corrected chi connectivity index (χ3v) is 6.16. The van der Waals surface area contributed by atoms with Crippen molar-refractivity contribution in [3.8, 4) is 23.0 Å². The zero-order valence-corrected chi connectivity index (χ0v) is 19.0. The molecular weight excluding hydrogens is 416 g/mol. The summed E-state index contributed by atoms with van der Waals surface area (Å²) in [6.07, 6.45) is 1.97. The number of methoxy groups -OCH3 is 1. The zero-order valence-electron chi connectivity index (χ0n) is 19.0. The smallest absolute Gasteiger partial charge is 0.272 e. The Kier molecular flexibility index (Phi) is 5.12. The Bertz CT molecular complexity index is 1360. The average Bonchev–Trinajstić information content (AvgIpc) is 3.16. The number of amides is 1. The van der Waals surface area contributed by atoms with Crippen molar-refractivity contribution in [2.75, 3.05) is 12.4 Å². The third-order valence-electron chi connectivity index (χ3n) is 6.16. The lowest BCUT2D eigenvalue weighted by Crippen LogP contribution is -2.25. The number of aromatic nitrogens is 5. The van der Waals surface area contributed by atoms with Gasteiger partial charge in [-0.2, -0.15) is 14.9 Å². The molecule has 0 aliphatic carbocycles. The van der Waals surface area contributed by atoms with Crippen LogP contribution < -0.4 is 10.1 Å². The molecule has 1 N–H and O–H groups in total. The molecular formula is C25H24N6O2. The van der Waals surface area contributed by atoms with E-state index in [2.05, 4.69) is 52.5 Å². The van der Waals surface area contributed by atoms with E-state index in [9.17, 15) is 4.79 Å². The standard InChI is InChI=1S/C25H24N6O2/c1-14-5-6-18(11-15(14)2)20-12-22(32)28-24-23(20)16(3)30-31(24)25-27-21(13-26-29-25)17-7-9-19(33-4)10-8-17/h5-11,13,20H,12H2,1-4H3,(H,28,32). The molecule has 5 rings (SSSR count). The molecule has 0 bridgehead atoms. The van der Waals surface area contributed by atoms with Gasteiger partial charge < -0.3 is 10.1 Å². The first-order valence-electron chi connectivity index (χ1n) is 10.8. The number of nitrogens with one attached hydrogen (secondary N) is 1. The number of anilines is 1. The SMILES string of the molecule is COc1ccc(-c2cnnc(-n3nc(C)c4c3NC(=O)CC4c3ccc(C)c(C)c3)n2)cc1. The van der Waals surface area contributed by atoms with Crippen molar-refractivity contribution in [2.24, 2.45) is 0 Å². The molecule has 1 aliphatic heterocycles. The second kappa shape index (κ2) is 8.12. The quantitative estimate of drug-likeness (QED) is 0.513. The van der Waals surface area contributed by atoms with E-state index in [4.69, 9.17) is 9.84 Å². The molecule has 33 heavy (non-hydrogen) atoms. The number of rotatable bonds is 4. The molecule has 2 aromatic heterocycles. The monoisotopic (exact) mass is 440 g/mol. The highest BCUT2D eigenvalue weighted by Gasteiger charge is 2.33. The Balaban J connectivity index is 1.59. The Labute approximate surface area is 191 Å². The Morgan fingerprint density at radius 1 is 1.06 bits per heavy atom. The van der Waals surface area contributed by atoms with Crippen molar-refractivity contribution in [1.29, 1.82) is 0 Å². The van der Waals surface area contributed by atoms with Crippen molar-refractivity contribution in [1.82, 2.24) is 25.0 Å². The Morgan fingerprint density at radius 3 is 2.58 bits per heavy atom. The van der Waals surface area contributed by atoms with Crippen LogP contribution in [0, 0.1) is 20.8 Å². The van der Waals surface area contributed by atoms with Gasteiger partial charge in [-0.25, -0.2) is 4.98 Å². The highest BCUT2D eigenvalue weighted by Crippen LogP contribution is 2.40. The predicted octanol–water partition coefficient (Wildman–Crippen LogP) is 4.13. The van der Waals surface area contributed by atoms with Gasteiger partial charge in [-0.1, -0.05) is 18.2 Å². The molecule has 8 heteroatoms. The largest absolute Gasteiger partial charge is 0.497 e. The van der Waals surface area contributed by atoms with Crippen LogP contribution in [-0.4, -0.2) is 38.0 Å². The third kappa shape index (κ3) is 3.73. The molecule has 166 valence electrons. The first-order chi connectivity index (χ1) is 15.9. The van der Waals surface area contributed by atoms with Gasteiger partial charge in [0.25, 0.3) is 5.95 Å². The van der Waals surface area contributed by atoms with E-state index in [0.717, 1.165) is 28.1 Å². The van der Waals surface area contributed by atoms with Gasteiger partial charge in [0.05, 0.1) is 24.7 Å². The van der Waals surface area contributed by atoms with Crippen molar-refractivity contribution >= 4 is 11.7 Å². The van der Waals surface area contributed by atoms with Crippen LogP contribution >= 0.6 is 0 Å². The van der Waals surface area contributed by atoms with Crippen LogP contribution in [0.4, 0.5) is 5.82 Å². The normalized spacial score (nSPS) is 15.2. The first kappa shape index (κ1) is 20.8. The molecule has 1 amide bonds. The summed E-state index contributed by atoms with van der Waals surface area (Å²) in [5.74, 6) is 1.51. The second-order valence-corrected chi connectivity index (χ2v) is 8.28. The second-order valence-electron chi connectivity index (χ2n) is 8.28. The van der Waals surface area contributed by atoms with Crippen LogP contribution in [0.15, 0.2) is 48.7 Å². The van der Waals surface area contributed by atoms with Crippen LogP contribution in [0.3, 0.4) is 0 Å². The van der Waals surface area contributed by atoms with Gasteiger partial charge in [-0.15, -0.1) is 5.10 Å². The maximum Gasteiger partial charge on any atom is 0.272 e. The molecule has 0 saturated carbocycles. The lowest BCUT2D eigenvalue weighted by atomic mass is 9.84. The van der Waals surface area contributed by atoms with Crippen molar-refractivity contribution < 1.29 is 9.53 Å². The number of hydrogen-bond donors (Lipinski definition) is 1. The van der Waals surface area contributed by atoms with Crippen LogP contribution in [0.5, 0.6) is 5.75 Å². The van der Waals surface area contributed by atoms with Crippen LogP contribution in [0.2, 0.25) is 0 Å². The van der Waals surface area contributed by atoms with Gasteiger partial charge in [0.1, 0.15) is 11.6 Å². The van der Waals surface area contributed by atoms with E-state index in [1.165, 1.54) is 11.1 Å². The molecule has 0 saturated heterocycles. The van der Waals surface area contributed by atoms with Crippen molar-refractivity contribution in [2.45, 2.75) is 33.1 Å². The number of fused-ring (bicyclic) bond motifs is 1. The number of carbonyl (C=O) groups excluding carboxylic acids is 1. The van der Waals surface area contributed by atoms with Gasteiger partial charge in [-0.05, 0) is 61.7 Å². The molecule has 0 fully saturated rings. The molecule has 0 radical (unpaired) electrons. The lowest BCUT2D eigenvalue weighted by Gasteiger charge is -2.24. The average molecular weight is 441 g/mol.